The molecule has 11 heteroatoms. The lowest BCUT2D eigenvalue weighted by molar-refractivity contribution is -0.136. The van der Waals surface area contributed by atoms with Gasteiger partial charge >= 0.3 is 12.1 Å². The number of hydrogen-bond donors (Lipinski definition) is 2. The van der Waals surface area contributed by atoms with Gasteiger partial charge in [0.25, 0.3) is 0 Å². The second-order valence-electron chi connectivity index (χ2n) is 8.32. The number of rotatable bonds is 7. The number of aryl methyl sites for hydroxylation is 1. The van der Waals surface area contributed by atoms with E-state index in [0.29, 0.717) is 17.1 Å². The van der Waals surface area contributed by atoms with Gasteiger partial charge in [0.05, 0.1) is 11.3 Å². The normalized spacial score (nSPS) is 12.0. The Labute approximate surface area is 218 Å². The van der Waals surface area contributed by atoms with Gasteiger partial charge in [0.1, 0.15) is 17.6 Å². The number of aliphatic carboxylic acids is 1. The molecular weight excluding hydrogens is 515 g/mol. The molecule has 2 aromatic carbocycles. The maximum absolute atomic E-state index is 14.4. The number of benzene rings is 2. The van der Waals surface area contributed by atoms with Crippen LogP contribution in [-0.2, 0) is 23.0 Å². The first kappa shape index (κ1) is 24.6. The van der Waals surface area contributed by atoms with E-state index in [2.05, 4.69) is 15.6 Å². The molecule has 0 aliphatic carbocycles. The Bertz CT molecular complexity index is 1580. The Kier molecular flexibility index (Phi) is 6.72. The van der Waals surface area contributed by atoms with Crippen molar-refractivity contribution in [2.45, 2.75) is 19.4 Å². The molecule has 1 amide bonds. The number of amides is 1. The van der Waals surface area contributed by atoms with Crippen LogP contribution in [0.2, 0.25) is 0 Å². The summed E-state index contributed by atoms with van der Waals surface area (Å²) in [7, 11) is 1.68. The Hall–Kier alpha value is -4.09. The molecule has 0 aliphatic rings. The lowest BCUT2D eigenvalue weighted by atomic mass is 10.1. The summed E-state index contributed by atoms with van der Waals surface area (Å²) in [6.45, 7) is 1.80. The molecule has 3 heterocycles. The molecule has 8 nitrogen and oxygen atoms in total. The summed E-state index contributed by atoms with van der Waals surface area (Å²) in [4.78, 5) is 25.2. The van der Waals surface area contributed by atoms with Crippen molar-refractivity contribution >= 4 is 50.0 Å². The molecular formula is C26H21FN4O4S2. The van der Waals surface area contributed by atoms with Crippen molar-refractivity contribution in [3.05, 3.63) is 77.6 Å². The largest absolute Gasteiger partial charge is 0.481 e. The van der Waals surface area contributed by atoms with Crippen molar-refractivity contribution in [1.29, 1.82) is 0 Å². The zero-order chi connectivity index (χ0) is 26.1. The third-order valence-electron chi connectivity index (χ3n) is 5.72. The van der Waals surface area contributed by atoms with Crippen LogP contribution in [0.3, 0.4) is 0 Å². The highest BCUT2D eigenvalue weighted by molar-refractivity contribution is 7.31. The molecule has 2 N–H and O–H groups in total. The Morgan fingerprint density at radius 2 is 1.78 bits per heavy atom. The molecule has 0 fully saturated rings. The molecule has 0 aliphatic heterocycles. The number of nitrogens with zero attached hydrogens (tertiary/aromatic N) is 3. The van der Waals surface area contributed by atoms with Gasteiger partial charge in [0, 0.05) is 21.3 Å². The smallest absolute Gasteiger partial charge is 0.413 e. The molecule has 0 spiro atoms. The molecule has 188 valence electrons. The summed E-state index contributed by atoms with van der Waals surface area (Å²) in [5.74, 6) is -1.20. The number of fused-ring (bicyclic) bond motifs is 1. The number of halogens is 1. The summed E-state index contributed by atoms with van der Waals surface area (Å²) in [6.07, 6.45) is -1.40. The number of carboxylic acid groups (broad SMARTS) is 1. The van der Waals surface area contributed by atoms with Crippen molar-refractivity contribution < 1.29 is 23.8 Å². The fourth-order valence-electron chi connectivity index (χ4n) is 3.84. The number of anilines is 1. The standard InChI is InChI=1S/C26H21FN4O4S2/c1-14(15-6-4-3-5-7-15)35-26(34)28-25-24(29-30-31(25)2)22-13-21-20(37-22)12-19(36-21)17-9-8-16(11-23(32)33)18(27)10-17/h3-10,12-14H,11H2,1-2H3,(H,28,34)(H,32,33)/t14-/m1/s1. The van der Waals surface area contributed by atoms with Gasteiger partial charge in [-0.25, -0.2) is 13.9 Å². The third-order valence-corrected chi connectivity index (χ3v) is 8.07. The van der Waals surface area contributed by atoms with Crippen LogP contribution in [0.4, 0.5) is 15.0 Å². The van der Waals surface area contributed by atoms with Crippen molar-refractivity contribution in [2.24, 2.45) is 7.05 Å². The van der Waals surface area contributed by atoms with E-state index in [1.165, 1.54) is 39.5 Å². The predicted molar refractivity (Wildman–Crippen MR) is 141 cm³/mol. The monoisotopic (exact) mass is 536 g/mol. The van der Waals surface area contributed by atoms with Gasteiger partial charge in [-0.15, -0.1) is 27.8 Å². The Morgan fingerprint density at radius 1 is 1.08 bits per heavy atom. The van der Waals surface area contributed by atoms with Crippen LogP contribution in [0.1, 0.15) is 24.2 Å². The Morgan fingerprint density at radius 3 is 2.49 bits per heavy atom. The molecule has 0 saturated carbocycles. The Balaban J connectivity index is 1.35. The zero-order valence-corrected chi connectivity index (χ0v) is 21.4. The fourth-order valence-corrected chi connectivity index (χ4v) is 6.22. The van der Waals surface area contributed by atoms with E-state index in [1.807, 2.05) is 42.5 Å². The summed E-state index contributed by atoms with van der Waals surface area (Å²) in [6, 6.07) is 18.0. The van der Waals surface area contributed by atoms with E-state index >= 15 is 0 Å². The number of ether oxygens (including phenoxy) is 1. The van der Waals surface area contributed by atoms with Crippen LogP contribution in [-0.4, -0.2) is 32.2 Å². The molecule has 0 unspecified atom stereocenters. The summed E-state index contributed by atoms with van der Waals surface area (Å²) in [5, 5.41) is 20.0. The molecule has 0 radical (unpaired) electrons. The number of carbonyl (C=O) groups excluding carboxylic acids is 1. The van der Waals surface area contributed by atoms with E-state index in [0.717, 1.165) is 24.7 Å². The fraction of sp³-hybridized carbons (Fsp3) is 0.154. The van der Waals surface area contributed by atoms with Crippen LogP contribution in [0.5, 0.6) is 0 Å². The van der Waals surface area contributed by atoms with E-state index in [9.17, 15) is 14.0 Å². The number of aromatic nitrogens is 3. The minimum Gasteiger partial charge on any atom is -0.481 e. The van der Waals surface area contributed by atoms with Crippen molar-refractivity contribution in [3.63, 3.8) is 0 Å². The van der Waals surface area contributed by atoms with E-state index in [1.54, 1.807) is 20.0 Å². The molecule has 3 aromatic heterocycles. The van der Waals surface area contributed by atoms with E-state index < -0.39 is 24.0 Å². The van der Waals surface area contributed by atoms with Gasteiger partial charge in [-0.05, 0) is 41.8 Å². The quantitative estimate of drug-likeness (QED) is 0.246. The SMILES string of the molecule is C[C@@H](OC(=O)Nc1c(-c2cc3sc(-c4ccc(CC(=O)O)c(F)c4)cc3s2)nnn1C)c1ccccc1. The van der Waals surface area contributed by atoms with Crippen LogP contribution in [0.15, 0.2) is 60.7 Å². The van der Waals surface area contributed by atoms with Crippen molar-refractivity contribution in [3.8, 4) is 21.0 Å². The van der Waals surface area contributed by atoms with Gasteiger partial charge in [-0.1, -0.05) is 47.7 Å². The summed E-state index contributed by atoms with van der Waals surface area (Å²) in [5.41, 5.74) is 2.23. The highest BCUT2D eigenvalue weighted by Crippen LogP contribution is 2.42. The van der Waals surface area contributed by atoms with Gasteiger partial charge in [-0.2, -0.15) is 0 Å². The third kappa shape index (κ3) is 5.23. The number of hydrogen-bond acceptors (Lipinski definition) is 7. The minimum absolute atomic E-state index is 0.149. The average molecular weight is 537 g/mol. The number of nitrogens with one attached hydrogen (secondary N) is 1. The maximum Gasteiger partial charge on any atom is 0.413 e. The van der Waals surface area contributed by atoms with Gasteiger partial charge in [0.15, 0.2) is 5.82 Å². The topological polar surface area (TPSA) is 106 Å². The molecule has 5 aromatic rings. The molecule has 37 heavy (non-hydrogen) atoms. The van der Waals surface area contributed by atoms with Crippen LogP contribution < -0.4 is 5.32 Å². The first-order chi connectivity index (χ1) is 17.8. The van der Waals surface area contributed by atoms with E-state index in [4.69, 9.17) is 9.84 Å². The predicted octanol–water partition coefficient (Wildman–Crippen LogP) is 6.50. The molecule has 5 rings (SSSR count). The highest BCUT2D eigenvalue weighted by Gasteiger charge is 2.21. The van der Waals surface area contributed by atoms with Crippen molar-refractivity contribution in [1.82, 2.24) is 15.0 Å². The summed E-state index contributed by atoms with van der Waals surface area (Å²) >= 11 is 2.97. The number of thiophene rings is 2. The van der Waals surface area contributed by atoms with Gasteiger partial charge in [-0.3, -0.25) is 10.1 Å². The highest BCUT2D eigenvalue weighted by atomic mass is 32.1. The zero-order valence-electron chi connectivity index (χ0n) is 19.8. The second-order valence-corrected chi connectivity index (χ2v) is 10.5. The minimum atomic E-state index is -1.08. The second kappa shape index (κ2) is 10.1. The van der Waals surface area contributed by atoms with Gasteiger partial charge in [0.2, 0.25) is 0 Å². The first-order valence-corrected chi connectivity index (χ1v) is 12.9. The first-order valence-electron chi connectivity index (χ1n) is 11.2. The van der Waals surface area contributed by atoms with Crippen molar-refractivity contribution in [2.75, 3.05) is 5.32 Å². The van der Waals surface area contributed by atoms with Gasteiger partial charge < -0.3 is 9.84 Å². The molecule has 1 atom stereocenters. The molecule has 0 bridgehead atoms. The van der Waals surface area contributed by atoms with Crippen LogP contribution >= 0.6 is 22.7 Å². The van der Waals surface area contributed by atoms with E-state index in [-0.39, 0.29) is 12.0 Å². The average Bonchev–Trinajstić information content (AvgIpc) is 3.54. The number of carboxylic acids is 1. The maximum atomic E-state index is 14.4. The molecule has 0 saturated heterocycles. The van der Waals surface area contributed by atoms with Crippen LogP contribution in [0, 0.1) is 5.82 Å². The summed E-state index contributed by atoms with van der Waals surface area (Å²) < 4.78 is 23.3. The lowest BCUT2D eigenvalue weighted by Crippen LogP contribution is -2.18. The number of carbonyl (C=O) groups is 2. The lowest BCUT2D eigenvalue weighted by Gasteiger charge is -2.14. The van der Waals surface area contributed by atoms with Crippen LogP contribution in [0.25, 0.3) is 30.4 Å².